The van der Waals surface area contributed by atoms with Crippen molar-refractivity contribution in [3.8, 4) is 11.3 Å². The van der Waals surface area contributed by atoms with E-state index >= 15 is 0 Å². The van der Waals surface area contributed by atoms with Crippen LogP contribution < -0.4 is 5.43 Å². The summed E-state index contributed by atoms with van der Waals surface area (Å²) in [4.78, 5) is 12.3. The van der Waals surface area contributed by atoms with Gasteiger partial charge in [-0.05, 0) is 19.1 Å². The highest BCUT2D eigenvalue weighted by atomic mass is 35.7. The summed E-state index contributed by atoms with van der Waals surface area (Å²) >= 11 is 0. The Balaban J connectivity index is 2.48. The van der Waals surface area contributed by atoms with Gasteiger partial charge < -0.3 is 4.42 Å². The van der Waals surface area contributed by atoms with Gasteiger partial charge in [-0.25, -0.2) is 8.42 Å². The fourth-order valence-corrected chi connectivity index (χ4v) is 3.32. The van der Waals surface area contributed by atoms with Crippen LogP contribution in [-0.4, -0.2) is 8.42 Å². The molecule has 1 heterocycles. The fraction of sp³-hybridized carbons (Fsp3) is 0.0625. The molecular formula is C16H11ClO4S. The molecule has 0 fully saturated rings. The van der Waals surface area contributed by atoms with E-state index < -0.39 is 9.05 Å². The zero-order chi connectivity index (χ0) is 15.9. The van der Waals surface area contributed by atoms with E-state index in [9.17, 15) is 13.2 Å². The molecule has 3 rings (SSSR count). The van der Waals surface area contributed by atoms with E-state index in [1.165, 1.54) is 18.2 Å². The molecule has 0 spiro atoms. The first-order valence-corrected chi connectivity index (χ1v) is 8.77. The fourth-order valence-electron chi connectivity index (χ4n) is 2.34. The van der Waals surface area contributed by atoms with E-state index in [0.29, 0.717) is 16.9 Å². The SMILES string of the molecule is Cc1c(-c2ccccc2)oc2c(S(=O)(=O)Cl)cccc2c1=O. The van der Waals surface area contributed by atoms with Crippen LogP contribution >= 0.6 is 10.7 Å². The summed E-state index contributed by atoms with van der Waals surface area (Å²) in [7, 11) is 1.42. The van der Waals surface area contributed by atoms with E-state index in [0.717, 1.165) is 0 Å². The molecule has 3 aromatic rings. The van der Waals surface area contributed by atoms with E-state index in [2.05, 4.69) is 0 Å². The zero-order valence-corrected chi connectivity index (χ0v) is 13.1. The van der Waals surface area contributed by atoms with Gasteiger partial charge in [-0.1, -0.05) is 36.4 Å². The smallest absolute Gasteiger partial charge is 0.265 e. The van der Waals surface area contributed by atoms with Gasteiger partial charge in [0.15, 0.2) is 11.0 Å². The second-order valence-corrected chi connectivity index (χ2v) is 7.36. The topological polar surface area (TPSA) is 64.3 Å². The van der Waals surface area contributed by atoms with Crippen molar-refractivity contribution >= 4 is 30.7 Å². The summed E-state index contributed by atoms with van der Waals surface area (Å²) in [6.07, 6.45) is 0. The summed E-state index contributed by atoms with van der Waals surface area (Å²) in [5.74, 6) is 0.339. The van der Waals surface area contributed by atoms with Gasteiger partial charge in [0.05, 0.1) is 5.39 Å². The molecule has 0 aliphatic carbocycles. The Morgan fingerprint density at radius 3 is 2.32 bits per heavy atom. The maximum atomic E-state index is 12.5. The second-order valence-electron chi connectivity index (χ2n) is 4.82. The van der Waals surface area contributed by atoms with Crippen molar-refractivity contribution in [1.82, 2.24) is 0 Å². The van der Waals surface area contributed by atoms with Crippen molar-refractivity contribution in [3.05, 3.63) is 64.3 Å². The predicted molar refractivity (Wildman–Crippen MR) is 85.7 cm³/mol. The van der Waals surface area contributed by atoms with Crippen LogP contribution in [0.25, 0.3) is 22.3 Å². The third-order valence-electron chi connectivity index (χ3n) is 3.41. The number of para-hydroxylation sites is 1. The van der Waals surface area contributed by atoms with E-state index in [4.69, 9.17) is 15.1 Å². The first-order valence-electron chi connectivity index (χ1n) is 6.46. The van der Waals surface area contributed by atoms with Crippen molar-refractivity contribution in [2.75, 3.05) is 0 Å². The Bertz CT molecular complexity index is 1020. The van der Waals surface area contributed by atoms with Crippen LogP contribution in [0.4, 0.5) is 0 Å². The maximum Gasteiger partial charge on any atom is 0.265 e. The Kier molecular flexibility index (Phi) is 3.54. The molecule has 0 N–H and O–H groups in total. The molecule has 1 aromatic heterocycles. The minimum Gasteiger partial charge on any atom is -0.454 e. The summed E-state index contributed by atoms with van der Waals surface area (Å²) in [6, 6.07) is 13.3. The average molecular weight is 335 g/mol. The zero-order valence-electron chi connectivity index (χ0n) is 11.5. The lowest BCUT2D eigenvalue weighted by atomic mass is 10.1. The van der Waals surface area contributed by atoms with Gasteiger partial charge in [0.1, 0.15) is 10.7 Å². The molecule has 112 valence electrons. The Hall–Kier alpha value is -2.11. The highest BCUT2D eigenvalue weighted by Crippen LogP contribution is 2.30. The van der Waals surface area contributed by atoms with E-state index in [-0.39, 0.29) is 21.3 Å². The molecule has 22 heavy (non-hydrogen) atoms. The van der Waals surface area contributed by atoms with Gasteiger partial charge in [-0.15, -0.1) is 0 Å². The number of halogens is 1. The Morgan fingerprint density at radius 1 is 1.00 bits per heavy atom. The lowest BCUT2D eigenvalue weighted by molar-refractivity contribution is 0.592. The van der Waals surface area contributed by atoms with Gasteiger partial charge in [-0.3, -0.25) is 4.79 Å². The third kappa shape index (κ3) is 2.42. The van der Waals surface area contributed by atoms with Gasteiger partial charge in [-0.2, -0.15) is 0 Å². The number of hydrogen-bond donors (Lipinski definition) is 0. The Morgan fingerprint density at radius 2 is 1.68 bits per heavy atom. The minimum atomic E-state index is -4.02. The second kappa shape index (κ2) is 5.26. The first-order chi connectivity index (χ1) is 10.4. The molecule has 4 nitrogen and oxygen atoms in total. The summed E-state index contributed by atoms with van der Waals surface area (Å²) in [5.41, 5.74) is 0.817. The van der Waals surface area contributed by atoms with Crippen molar-refractivity contribution in [2.24, 2.45) is 0 Å². The molecule has 0 radical (unpaired) electrons. The van der Waals surface area contributed by atoms with Crippen LogP contribution in [0, 0.1) is 6.92 Å². The molecular weight excluding hydrogens is 324 g/mol. The molecule has 0 bridgehead atoms. The molecule has 0 aliphatic heterocycles. The molecule has 2 aromatic carbocycles. The first kappa shape index (κ1) is 14.8. The number of fused-ring (bicyclic) bond motifs is 1. The van der Waals surface area contributed by atoms with Crippen LogP contribution in [0.2, 0.25) is 0 Å². The molecule has 0 atom stereocenters. The van der Waals surface area contributed by atoms with Gasteiger partial charge in [0, 0.05) is 21.8 Å². The van der Waals surface area contributed by atoms with E-state index in [1.54, 1.807) is 19.1 Å². The molecule has 0 saturated heterocycles. The van der Waals surface area contributed by atoms with Crippen LogP contribution in [-0.2, 0) is 9.05 Å². The summed E-state index contributed by atoms with van der Waals surface area (Å²) in [5, 5.41) is 0.193. The summed E-state index contributed by atoms with van der Waals surface area (Å²) in [6.45, 7) is 1.65. The molecule has 6 heteroatoms. The highest BCUT2D eigenvalue weighted by Gasteiger charge is 2.20. The summed E-state index contributed by atoms with van der Waals surface area (Å²) < 4.78 is 29.1. The van der Waals surface area contributed by atoms with Crippen LogP contribution in [0.15, 0.2) is 62.6 Å². The third-order valence-corrected chi connectivity index (χ3v) is 4.75. The van der Waals surface area contributed by atoms with E-state index in [1.807, 2.05) is 18.2 Å². The molecule has 0 amide bonds. The van der Waals surface area contributed by atoms with Crippen LogP contribution in [0.1, 0.15) is 5.56 Å². The van der Waals surface area contributed by atoms with Gasteiger partial charge in [0.25, 0.3) is 9.05 Å². The predicted octanol–water partition coefficient (Wildman–Crippen LogP) is 3.70. The highest BCUT2D eigenvalue weighted by molar-refractivity contribution is 8.13. The van der Waals surface area contributed by atoms with Gasteiger partial charge in [0.2, 0.25) is 0 Å². The maximum absolute atomic E-state index is 12.5. The molecule has 0 saturated carbocycles. The lowest BCUT2D eigenvalue weighted by Crippen LogP contribution is -2.08. The molecule has 0 aliphatic rings. The molecule has 0 unspecified atom stereocenters. The lowest BCUT2D eigenvalue weighted by Gasteiger charge is -2.08. The Labute approximate surface area is 131 Å². The van der Waals surface area contributed by atoms with Crippen molar-refractivity contribution in [1.29, 1.82) is 0 Å². The van der Waals surface area contributed by atoms with Crippen LogP contribution in [0.5, 0.6) is 0 Å². The number of hydrogen-bond acceptors (Lipinski definition) is 4. The van der Waals surface area contributed by atoms with Crippen molar-refractivity contribution in [2.45, 2.75) is 11.8 Å². The van der Waals surface area contributed by atoms with Gasteiger partial charge >= 0.3 is 0 Å². The number of benzene rings is 2. The average Bonchev–Trinajstić information content (AvgIpc) is 2.50. The standard InChI is InChI=1S/C16H11ClO4S/c1-10-14(18)12-8-5-9-13(22(17,19)20)16(12)21-15(10)11-6-3-2-4-7-11/h2-9H,1H3. The van der Waals surface area contributed by atoms with Crippen molar-refractivity contribution in [3.63, 3.8) is 0 Å². The normalized spacial score (nSPS) is 11.7. The van der Waals surface area contributed by atoms with Crippen LogP contribution in [0.3, 0.4) is 0 Å². The quantitative estimate of drug-likeness (QED) is 0.670. The monoisotopic (exact) mass is 334 g/mol. The van der Waals surface area contributed by atoms with Crippen molar-refractivity contribution < 1.29 is 12.8 Å². The number of rotatable bonds is 2. The minimum absolute atomic E-state index is 0.0213. The largest absolute Gasteiger partial charge is 0.454 e.